The first-order valence-electron chi connectivity index (χ1n) is 12.9. The van der Waals surface area contributed by atoms with Crippen LogP contribution in [0.2, 0.25) is 0 Å². The number of ether oxygens (including phenoxy) is 2. The van der Waals surface area contributed by atoms with Gasteiger partial charge >= 0.3 is 0 Å². The molecule has 3 aromatic rings. The molecule has 1 saturated heterocycles. The predicted molar refractivity (Wildman–Crippen MR) is 153 cm³/mol. The molecule has 212 valence electrons. The Balaban J connectivity index is 1.71. The van der Waals surface area contributed by atoms with Gasteiger partial charge in [-0.25, -0.2) is 20.4 Å². The highest BCUT2D eigenvalue weighted by molar-refractivity contribution is 6.11. The van der Waals surface area contributed by atoms with Crippen LogP contribution in [-0.4, -0.2) is 95.6 Å². The fourth-order valence-corrected chi connectivity index (χ4v) is 4.41. The van der Waals surface area contributed by atoms with Crippen LogP contribution in [0.15, 0.2) is 46.0 Å². The maximum Gasteiger partial charge on any atom is 0.277 e. The van der Waals surface area contributed by atoms with Crippen LogP contribution in [0.3, 0.4) is 0 Å². The first-order chi connectivity index (χ1) is 19.4. The Labute approximate surface area is 232 Å². The van der Waals surface area contributed by atoms with Crippen LogP contribution < -0.4 is 15.1 Å². The number of amides is 1. The van der Waals surface area contributed by atoms with Crippen molar-refractivity contribution in [3.8, 4) is 17.1 Å². The molecule has 4 rings (SSSR count). The zero-order valence-corrected chi connectivity index (χ0v) is 23.2. The Morgan fingerprint density at radius 1 is 1.25 bits per heavy atom. The highest BCUT2D eigenvalue weighted by Gasteiger charge is 2.25. The topological polar surface area (TPSA) is 143 Å². The van der Waals surface area contributed by atoms with Crippen molar-refractivity contribution in [2.45, 2.75) is 26.4 Å². The standard InChI is InChI=1S/C27H35N9O4/c1-18(2)36-22(16-34(4)17-29-15-20(14-28-3)27(37)33-38)30-23-25(35-10-12-40-13-11-35)31-24(32-26(23)36)19-6-8-21(39-5)9-7-19/h6-9,14-15,18,38H,3,10-13,16-17H2,1-2,4-5H3,(H,33,37)/b20-14+,29-15-. The number of imidazole rings is 1. The molecule has 1 amide bonds. The van der Waals surface area contributed by atoms with E-state index in [2.05, 4.69) is 40.0 Å². The van der Waals surface area contributed by atoms with Crippen molar-refractivity contribution < 1.29 is 19.5 Å². The van der Waals surface area contributed by atoms with Gasteiger partial charge in [0, 0.05) is 37.1 Å². The molecule has 2 N–H and O–H groups in total. The first-order valence-corrected chi connectivity index (χ1v) is 12.9. The van der Waals surface area contributed by atoms with Gasteiger partial charge in [0.05, 0.1) is 39.1 Å². The van der Waals surface area contributed by atoms with E-state index in [0.29, 0.717) is 38.7 Å². The molecule has 1 aliphatic rings. The highest BCUT2D eigenvalue weighted by Crippen LogP contribution is 2.31. The van der Waals surface area contributed by atoms with Crippen molar-refractivity contribution in [2.24, 2.45) is 9.98 Å². The van der Waals surface area contributed by atoms with Gasteiger partial charge in [-0.05, 0) is 51.9 Å². The highest BCUT2D eigenvalue weighted by atomic mass is 16.5. The number of benzene rings is 1. The van der Waals surface area contributed by atoms with Crippen molar-refractivity contribution in [2.75, 3.05) is 52.0 Å². The summed E-state index contributed by atoms with van der Waals surface area (Å²) in [5.74, 6) is 2.25. The lowest BCUT2D eigenvalue weighted by Crippen LogP contribution is -2.37. The second kappa shape index (κ2) is 13.2. The molecule has 0 radical (unpaired) electrons. The summed E-state index contributed by atoms with van der Waals surface area (Å²) in [5, 5.41) is 8.91. The number of carbonyl (C=O) groups is 1. The first kappa shape index (κ1) is 28.8. The third-order valence-electron chi connectivity index (χ3n) is 6.33. The predicted octanol–water partition coefficient (Wildman–Crippen LogP) is 2.47. The Morgan fingerprint density at radius 2 is 1.98 bits per heavy atom. The quantitative estimate of drug-likeness (QED) is 0.160. The maximum absolute atomic E-state index is 11.7. The van der Waals surface area contributed by atoms with Crippen LogP contribution in [-0.2, 0) is 16.1 Å². The third-order valence-corrected chi connectivity index (χ3v) is 6.33. The molecule has 0 unspecified atom stereocenters. The van der Waals surface area contributed by atoms with Gasteiger partial charge in [-0.3, -0.25) is 24.9 Å². The van der Waals surface area contributed by atoms with E-state index in [1.165, 1.54) is 12.4 Å². The molecule has 0 saturated carbocycles. The molecular weight excluding hydrogens is 514 g/mol. The van der Waals surface area contributed by atoms with E-state index in [0.717, 1.165) is 34.1 Å². The third kappa shape index (κ3) is 6.50. The zero-order chi connectivity index (χ0) is 28.6. The molecule has 0 spiro atoms. The number of hydrogen-bond acceptors (Lipinski definition) is 11. The van der Waals surface area contributed by atoms with Crippen LogP contribution in [0.5, 0.6) is 5.75 Å². The lowest BCUT2D eigenvalue weighted by atomic mass is 10.2. The van der Waals surface area contributed by atoms with E-state index in [4.69, 9.17) is 29.6 Å². The average molecular weight is 550 g/mol. The number of carbonyl (C=O) groups excluding carboxylic acids is 1. The van der Waals surface area contributed by atoms with Gasteiger partial charge in [0.15, 0.2) is 22.8 Å². The average Bonchev–Trinajstić information content (AvgIpc) is 3.34. The SMILES string of the molecule is C=N/C=C(\C=N/CN(C)Cc1nc2c(N3CCOCC3)nc(-c3ccc(OC)cc3)nc2n1C(C)C)C(=O)NO. The van der Waals surface area contributed by atoms with Gasteiger partial charge in [0.2, 0.25) is 0 Å². The number of aromatic nitrogens is 4. The van der Waals surface area contributed by atoms with Crippen molar-refractivity contribution in [3.63, 3.8) is 0 Å². The van der Waals surface area contributed by atoms with Crippen molar-refractivity contribution in [1.29, 1.82) is 0 Å². The number of anilines is 1. The number of hydrogen-bond donors (Lipinski definition) is 2. The number of aliphatic imine (C=N–C) groups is 2. The number of nitrogens with zero attached hydrogens (tertiary/aromatic N) is 8. The molecule has 0 aliphatic carbocycles. The van der Waals surface area contributed by atoms with E-state index in [9.17, 15) is 4.79 Å². The van der Waals surface area contributed by atoms with Crippen molar-refractivity contribution >= 4 is 35.8 Å². The summed E-state index contributed by atoms with van der Waals surface area (Å²) >= 11 is 0. The van der Waals surface area contributed by atoms with Crippen LogP contribution >= 0.6 is 0 Å². The van der Waals surface area contributed by atoms with Gasteiger partial charge in [-0.2, -0.15) is 0 Å². The molecular formula is C27H35N9O4. The minimum atomic E-state index is -0.720. The van der Waals surface area contributed by atoms with Crippen molar-refractivity contribution in [3.05, 3.63) is 41.9 Å². The van der Waals surface area contributed by atoms with E-state index >= 15 is 0 Å². The molecule has 1 aliphatic heterocycles. The Morgan fingerprint density at radius 3 is 2.60 bits per heavy atom. The van der Waals surface area contributed by atoms with Crippen molar-refractivity contribution in [1.82, 2.24) is 29.9 Å². The van der Waals surface area contributed by atoms with Gasteiger partial charge in [-0.1, -0.05) is 0 Å². The van der Waals surface area contributed by atoms with Gasteiger partial charge in [-0.15, -0.1) is 0 Å². The normalized spacial score (nSPS) is 14.5. The minimum Gasteiger partial charge on any atom is -0.497 e. The number of methoxy groups -OCH3 is 1. The lowest BCUT2D eigenvalue weighted by molar-refractivity contribution is -0.124. The fourth-order valence-electron chi connectivity index (χ4n) is 4.41. The second-order valence-electron chi connectivity index (χ2n) is 9.54. The molecule has 0 bridgehead atoms. The monoisotopic (exact) mass is 549 g/mol. The van der Waals surface area contributed by atoms with E-state index in [1.807, 2.05) is 36.2 Å². The molecule has 40 heavy (non-hydrogen) atoms. The molecule has 3 heterocycles. The number of nitrogens with one attached hydrogen (secondary N) is 1. The Hall–Kier alpha value is -4.20. The maximum atomic E-state index is 11.7. The van der Waals surface area contributed by atoms with E-state index in [1.54, 1.807) is 12.6 Å². The summed E-state index contributed by atoms with van der Waals surface area (Å²) in [6.07, 6.45) is 2.56. The number of fused-ring (bicyclic) bond motifs is 1. The summed E-state index contributed by atoms with van der Waals surface area (Å²) in [5.41, 5.74) is 4.03. The fraction of sp³-hybridized carbons (Fsp3) is 0.407. The smallest absolute Gasteiger partial charge is 0.277 e. The Bertz CT molecular complexity index is 1390. The largest absolute Gasteiger partial charge is 0.497 e. The summed E-state index contributed by atoms with van der Waals surface area (Å²) in [6.45, 7) is 10.9. The number of hydroxylamine groups is 1. The molecule has 2 aromatic heterocycles. The summed E-state index contributed by atoms with van der Waals surface area (Å²) in [4.78, 5) is 38.8. The van der Waals surface area contributed by atoms with E-state index in [-0.39, 0.29) is 18.3 Å². The molecule has 13 nitrogen and oxygen atoms in total. The lowest BCUT2D eigenvalue weighted by Gasteiger charge is -2.28. The Kier molecular flexibility index (Phi) is 9.53. The van der Waals surface area contributed by atoms with Crippen LogP contribution in [0.1, 0.15) is 25.7 Å². The molecule has 1 aromatic carbocycles. The zero-order valence-electron chi connectivity index (χ0n) is 23.2. The molecule has 13 heteroatoms. The van der Waals surface area contributed by atoms with Gasteiger partial charge < -0.3 is 18.9 Å². The second-order valence-corrected chi connectivity index (χ2v) is 9.54. The van der Waals surface area contributed by atoms with Gasteiger partial charge in [0.25, 0.3) is 5.91 Å². The van der Waals surface area contributed by atoms with Gasteiger partial charge in [0.1, 0.15) is 11.6 Å². The number of rotatable bonds is 11. The summed E-state index contributed by atoms with van der Waals surface area (Å²) in [6, 6.07) is 7.78. The van der Waals surface area contributed by atoms with E-state index < -0.39 is 5.91 Å². The van der Waals surface area contributed by atoms with Crippen LogP contribution in [0, 0.1) is 0 Å². The number of morpholine rings is 1. The minimum absolute atomic E-state index is 0.0782. The summed E-state index contributed by atoms with van der Waals surface area (Å²) < 4.78 is 13.0. The summed E-state index contributed by atoms with van der Waals surface area (Å²) in [7, 11) is 3.54. The molecule has 1 fully saturated rings. The van der Waals surface area contributed by atoms with Crippen LogP contribution in [0.25, 0.3) is 22.6 Å². The molecule has 0 atom stereocenters. The van der Waals surface area contributed by atoms with Crippen LogP contribution in [0.4, 0.5) is 5.82 Å².